The molecule has 1 amide bonds. The van der Waals surface area contributed by atoms with E-state index in [4.69, 9.17) is 0 Å². The van der Waals surface area contributed by atoms with Crippen molar-refractivity contribution in [2.24, 2.45) is 5.92 Å². The fourth-order valence-electron chi connectivity index (χ4n) is 1.65. The number of thioether (sulfide) groups is 1. The second-order valence-corrected chi connectivity index (χ2v) is 5.53. The number of nitro benzene ring substituents is 1. The first-order valence-corrected chi connectivity index (χ1v) is 7.37. The van der Waals surface area contributed by atoms with Crippen LogP contribution in [0.25, 0.3) is 0 Å². The maximum atomic E-state index is 12.2. The van der Waals surface area contributed by atoms with E-state index in [2.05, 4.69) is 5.32 Å². The Morgan fingerprint density at radius 3 is 2.60 bits per heavy atom. The number of hydrogen-bond donors (Lipinski definition) is 2. The molecule has 0 bridgehead atoms. The highest BCUT2D eigenvalue weighted by Crippen LogP contribution is 2.25. The summed E-state index contributed by atoms with van der Waals surface area (Å²) in [4.78, 5) is 23.3. The zero-order valence-corrected chi connectivity index (χ0v) is 12.4. The van der Waals surface area contributed by atoms with Crippen molar-refractivity contribution in [3.8, 4) is 0 Å². The molecule has 0 radical (unpaired) electrons. The molecule has 0 heterocycles. The standard InChI is InChI=1S/C13H18N2O4S/c1-8(2)11(7-16)14-13(17)10-6-9(20-3)4-5-12(10)15(18)19/h4-6,8,11,16H,7H2,1-3H3,(H,14,17). The van der Waals surface area contributed by atoms with Crippen molar-refractivity contribution in [2.75, 3.05) is 12.9 Å². The van der Waals surface area contributed by atoms with Crippen molar-refractivity contribution in [3.05, 3.63) is 33.9 Å². The number of nitrogens with zero attached hydrogens (tertiary/aromatic N) is 1. The molecule has 7 heteroatoms. The molecule has 0 saturated carbocycles. The van der Waals surface area contributed by atoms with Crippen LogP contribution < -0.4 is 5.32 Å². The predicted octanol–water partition coefficient (Wildman–Crippen LogP) is 2.06. The van der Waals surface area contributed by atoms with Gasteiger partial charge in [-0.1, -0.05) is 13.8 Å². The minimum absolute atomic E-state index is 0.0148. The number of aliphatic hydroxyl groups is 1. The highest BCUT2D eigenvalue weighted by Gasteiger charge is 2.23. The third kappa shape index (κ3) is 3.94. The molecule has 20 heavy (non-hydrogen) atoms. The Morgan fingerprint density at radius 1 is 1.50 bits per heavy atom. The zero-order valence-electron chi connectivity index (χ0n) is 11.6. The molecule has 0 saturated heterocycles. The lowest BCUT2D eigenvalue weighted by molar-refractivity contribution is -0.385. The molecule has 0 aliphatic heterocycles. The molecule has 1 aromatic rings. The summed E-state index contributed by atoms with van der Waals surface area (Å²) in [5.74, 6) is -0.507. The number of nitro groups is 1. The van der Waals surface area contributed by atoms with Gasteiger partial charge in [0.05, 0.1) is 17.6 Å². The number of hydrogen-bond acceptors (Lipinski definition) is 5. The lowest BCUT2D eigenvalue weighted by Crippen LogP contribution is -2.41. The molecule has 0 fully saturated rings. The van der Waals surface area contributed by atoms with Gasteiger partial charge in [0, 0.05) is 11.0 Å². The van der Waals surface area contributed by atoms with Crippen LogP contribution in [-0.2, 0) is 0 Å². The van der Waals surface area contributed by atoms with Crippen molar-refractivity contribution in [1.82, 2.24) is 5.32 Å². The molecule has 110 valence electrons. The fraction of sp³-hybridized carbons (Fsp3) is 0.462. The van der Waals surface area contributed by atoms with Gasteiger partial charge in [0.15, 0.2) is 0 Å². The highest BCUT2D eigenvalue weighted by molar-refractivity contribution is 7.98. The van der Waals surface area contributed by atoms with Crippen LogP contribution in [0.15, 0.2) is 23.1 Å². The maximum absolute atomic E-state index is 12.2. The second-order valence-electron chi connectivity index (χ2n) is 4.65. The number of rotatable bonds is 6. The molecular formula is C13H18N2O4S. The molecule has 0 spiro atoms. The summed E-state index contributed by atoms with van der Waals surface area (Å²) < 4.78 is 0. The average Bonchev–Trinajstić information content (AvgIpc) is 2.43. The number of nitrogens with one attached hydrogen (secondary N) is 1. The van der Waals surface area contributed by atoms with Gasteiger partial charge in [-0.05, 0) is 24.3 Å². The summed E-state index contributed by atoms with van der Waals surface area (Å²) in [7, 11) is 0. The van der Waals surface area contributed by atoms with Crippen LogP contribution in [0.1, 0.15) is 24.2 Å². The minimum Gasteiger partial charge on any atom is -0.394 e. The predicted molar refractivity (Wildman–Crippen MR) is 78.1 cm³/mol. The maximum Gasteiger partial charge on any atom is 0.282 e. The Kier molecular flexibility index (Phi) is 5.97. The Balaban J connectivity index is 3.09. The van der Waals surface area contributed by atoms with Crippen LogP contribution in [-0.4, -0.2) is 34.8 Å². The van der Waals surface area contributed by atoms with Gasteiger partial charge in [0.25, 0.3) is 11.6 Å². The van der Waals surface area contributed by atoms with Crippen molar-refractivity contribution >= 4 is 23.4 Å². The first-order valence-electron chi connectivity index (χ1n) is 6.14. The van der Waals surface area contributed by atoms with E-state index in [-0.39, 0.29) is 23.8 Å². The smallest absolute Gasteiger partial charge is 0.282 e. The Labute approximate surface area is 121 Å². The highest BCUT2D eigenvalue weighted by atomic mass is 32.2. The molecule has 0 aliphatic carbocycles. The van der Waals surface area contributed by atoms with Gasteiger partial charge in [-0.25, -0.2) is 0 Å². The molecule has 0 aromatic heterocycles. The van der Waals surface area contributed by atoms with Gasteiger partial charge in [-0.3, -0.25) is 14.9 Å². The summed E-state index contributed by atoms with van der Waals surface area (Å²) in [6, 6.07) is 3.99. The van der Waals surface area contributed by atoms with E-state index in [1.165, 1.54) is 23.9 Å². The van der Waals surface area contributed by atoms with Crippen LogP contribution in [0.2, 0.25) is 0 Å². The molecular weight excluding hydrogens is 280 g/mol. The number of amides is 1. The van der Waals surface area contributed by atoms with Crippen molar-refractivity contribution in [3.63, 3.8) is 0 Å². The molecule has 0 aliphatic rings. The van der Waals surface area contributed by atoms with E-state index in [0.29, 0.717) is 0 Å². The number of aliphatic hydroxyl groups excluding tert-OH is 1. The van der Waals surface area contributed by atoms with Crippen molar-refractivity contribution in [2.45, 2.75) is 24.8 Å². The molecule has 1 atom stereocenters. The van der Waals surface area contributed by atoms with Crippen LogP contribution in [0.5, 0.6) is 0 Å². The fourth-order valence-corrected chi connectivity index (χ4v) is 2.09. The minimum atomic E-state index is -0.581. The van der Waals surface area contributed by atoms with Gasteiger partial charge in [-0.2, -0.15) is 0 Å². The summed E-state index contributed by atoms with van der Waals surface area (Å²) >= 11 is 1.40. The van der Waals surface area contributed by atoms with Crippen molar-refractivity contribution in [1.29, 1.82) is 0 Å². The average molecular weight is 298 g/mol. The summed E-state index contributed by atoms with van der Waals surface area (Å²) in [6.45, 7) is 3.50. The van der Waals surface area contributed by atoms with E-state index in [9.17, 15) is 20.0 Å². The van der Waals surface area contributed by atoms with Gasteiger partial charge >= 0.3 is 0 Å². The molecule has 1 unspecified atom stereocenters. The number of benzene rings is 1. The van der Waals surface area contributed by atoms with Gasteiger partial charge < -0.3 is 10.4 Å². The van der Waals surface area contributed by atoms with E-state index in [0.717, 1.165) is 4.90 Å². The quantitative estimate of drug-likeness (QED) is 0.476. The van der Waals surface area contributed by atoms with Gasteiger partial charge in [0.2, 0.25) is 0 Å². The molecule has 1 aromatic carbocycles. The summed E-state index contributed by atoms with van der Waals surface area (Å²) in [5.41, 5.74) is -0.221. The largest absolute Gasteiger partial charge is 0.394 e. The number of carbonyl (C=O) groups is 1. The Hall–Kier alpha value is -1.60. The van der Waals surface area contributed by atoms with Gasteiger partial charge in [-0.15, -0.1) is 11.8 Å². The van der Waals surface area contributed by atoms with Crippen LogP contribution in [0, 0.1) is 16.0 Å². The first-order chi connectivity index (χ1) is 9.40. The van der Waals surface area contributed by atoms with E-state index >= 15 is 0 Å². The van der Waals surface area contributed by atoms with Crippen LogP contribution in [0.3, 0.4) is 0 Å². The van der Waals surface area contributed by atoms with E-state index < -0.39 is 16.9 Å². The molecule has 1 rings (SSSR count). The van der Waals surface area contributed by atoms with Gasteiger partial charge in [0.1, 0.15) is 5.56 Å². The third-order valence-corrected chi connectivity index (χ3v) is 3.69. The normalized spacial score (nSPS) is 12.2. The number of carbonyl (C=O) groups excluding carboxylic acids is 1. The van der Waals surface area contributed by atoms with E-state index in [1.54, 1.807) is 6.07 Å². The summed E-state index contributed by atoms with van der Waals surface area (Å²) in [5, 5.41) is 22.8. The van der Waals surface area contributed by atoms with Crippen LogP contribution >= 0.6 is 11.8 Å². The van der Waals surface area contributed by atoms with Crippen LogP contribution in [0.4, 0.5) is 5.69 Å². The van der Waals surface area contributed by atoms with E-state index in [1.807, 2.05) is 20.1 Å². The third-order valence-electron chi connectivity index (χ3n) is 2.96. The SMILES string of the molecule is CSc1ccc([N+](=O)[O-])c(C(=O)NC(CO)C(C)C)c1. The summed E-state index contributed by atoms with van der Waals surface area (Å²) in [6.07, 6.45) is 1.83. The first kappa shape index (κ1) is 16.5. The zero-order chi connectivity index (χ0) is 15.3. The monoisotopic (exact) mass is 298 g/mol. The van der Waals surface area contributed by atoms with Crippen molar-refractivity contribution < 1.29 is 14.8 Å². The Bertz CT molecular complexity index is 505. The lowest BCUT2D eigenvalue weighted by Gasteiger charge is -2.19. The second kappa shape index (κ2) is 7.25. The molecule has 2 N–H and O–H groups in total. The molecule has 6 nitrogen and oxygen atoms in total. The Morgan fingerprint density at radius 2 is 2.15 bits per heavy atom. The topological polar surface area (TPSA) is 92.5 Å². The lowest BCUT2D eigenvalue weighted by atomic mass is 10.0.